The van der Waals surface area contributed by atoms with Gasteiger partial charge in [-0.25, -0.2) is 0 Å². The van der Waals surface area contributed by atoms with Crippen molar-refractivity contribution in [1.82, 2.24) is 4.90 Å². The molecule has 6 nitrogen and oxygen atoms in total. The van der Waals surface area contributed by atoms with E-state index in [4.69, 9.17) is 23.2 Å². The molecule has 1 unspecified atom stereocenters. The third-order valence-electron chi connectivity index (χ3n) is 3.78. The minimum absolute atomic E-state index is 0.139. The zero-order chi connectivity index (χ0) is 18.6. The standard InChI is InChI=1S/C17H17Cl2N3O3/c1-11(21(2)10-12-4-3-5-13(18)8-12)17(23)20-16-9-14(22(24)25)6-7-15(16)19/h3-9,11H,10H2,1-2H3,(H,20,23). The van der Waals surface area contributed by atoms with E-state index in [2.05, 4.69) is 5.32 Å². The fraction of sp³-hybridized carbons (Fsp3) is 0.235. The van der Waals surface area contributed by atoms with E-state index in [-0.39, 0.29) is 22.3 Å². The first kappa shape index (κ1) is 19.2. The van der Waals surface area contributed by atoms with Crippen LogP contribution in [0.4, 0.5) is 11.4 Å². The SMILES string of the molecule is CC(C(=O)Nc1cc([N+](=O)[O-])ccc1Cl)N(C)Cc1cccc(Cl)c1. The summed E-state index contributed by atoms with van der Waals surface area (Å²) in [6, 6.07) is 10.8. The van der Waals surface area contributed by atoms with Gasteiger partial charge in [-0.3, -0.25) is 19.8 Å². The molecule has 0 aliphatic heterocycles. The van der Waals surface area contributed by atoms with Gasteiger partial charge < -0.3 is 5.32 Å². The average Bonchev–Trinajstić information content (AvgIpc) is 2.55. The molecular weight excluding hydrogens is 365 g/mol. The van der Waals surface area contributed by atoms with Gasteiger partial charge in [-0.2, -0.15) is 0 Å². The number of nitro groups is 1. The first-order valence-corrected chi connectivity index (χ1v) is 8.23. The molecule has 0 aliphatic rings. The van der Waals surface area contributed by atoms with E-state index < -0.39 is 11.0 Å². The monoisotopic (exact) mass is 381 g/mol. The molecule has 1 N–H and O–H groups in total. The van der Waals surface area contributed by atoms with Crippen LogP contribution in [0.25, 0.3) is 0 Å². The molecule has 0 radical (unpaired) electrons. The Morgan fingerprint density at radius 3 is 2.64 bits per heavy atom. The summed E-state index contributed by atoms with van der Waals surface area (Å²) >= 11 is 12.0. The molecule has 1 atom stereocenters. The number of carbonyl (C=O) groups excluding carboxylic acids is 1. The number of rotatable bonds is 6. The number of nitro benzene ring substituents is 1. The number of amides is 1. The van der Waals surface area contributed by atoms with Crippen LogP contribution >= 0.6 is 23.2 Å². The van der Waals surface area contributed by atoms with E-state index in [0.717, 1.165) is 5.56 Å². The van der Waals surface area contributed by atoms with Gasteiger partial charge in [0.1, 0.15) is 0 Å². The molecule has 25 heavy (non-hydrogen) atoms. The first-order valence-electron chi connectivity index (χ1n) is 7.47. The van der Waals surface area contributed by atoms with Gasteiger partial charge in [-0.15, -0.1) is 0 Å². The summed E-state index contributed by atoms with van der Waals surface area (Å²) in [7, 11) is 1.81. The van der Waals surface area contributed by atoms with Crippen LogP contribution < -0.4 is 5.32 Å². The second-order valence-corrected chi connectivity index (χ2v) is 6.48. The lowest BCUT2D eigenvalue weighted by molar-refractivity contribution is -0.384. The molecule has 2 aromatic rings. The van der Waals surface area contributed by atoms with Crippen molar-refractivity contribution in [3.63, 3.8) is 0 Å². The van der Waals surface area contributed by atoms with Crippen molar-refractivity contribution in [3.8, 4) is 0 Å². The van der Waals surface area contributed by atoms with Crippen molar-refractivity contribution in [2.75, 3.05) is 12.4 Å². The van der Waals surface area contributed by atoms with Crippen LogP contribution in [-0.2, 0) is 11.3 Å². The molecule has 0 aromatic heterocycles. The molecule has 0 spiro atoms. The number of nitrogens with one attached hydrogen (secondary N) is 1. The number of anilines is 1. The highest BCUT2D eigenvalue weighted by molar-refractivity contribution is 6.33. The second-order valence-electron chi connectivity index (χ2n) is 5.63. The largest absolute Gasteiger partial charge is 0.323 e. The summed E-state index contributed by atoms with van der Waals surface area (Å²) in [5.74, 6) is -0.313. The Hall–Kier alpha value is -2.15. The molecule has 2 rings (SSSR count). The Labute approximate surface area is 155 Å². The van der Waals surface area contributed by atoms with Gasteiger partial charge in [0.25, 0.3) is 5.69 Å². The third kappa shape index (κ3) is 5.16. The predicted molar refractivity (Wildman–Crippen MR) is 99.1 cm³/mol. The average molecular weight is 382 g/mol. The molecule has 0 aliphatic carbocycles. The van der Waals surface area contributed by atoms with Crippen LogP contribution in [0.1, 0.15) is 12.5 Å². The Morgan fingerprint density at radius 2 is 2.00 bits per heavy atom. The molecule has 8 heteroatoms. The second kappa shape index (κ2) is 8.29. The van der Waals surface area contributed by atoms with Crippen LogP contribution in [0.5, 0.6) is 0 Å². The maximum atomic E-state index is 12.4. The van der Waals surface area contributed by atoms with Gasteiger partial charge in [0.15, 0.2) is 0 Å². The highest BCUT2D eigenvalue weighted by Crippen LogP contribution is 2.27. The van der Waals surface area contributed by atoms with E-state index in [9.17, 15) is 14.9 Å². The van der Waals surface area contributed by atoms with Gasteiger partial charge >= 0.3 is 0 Å². The van der Waals surface area contributed by atoms with Crippen LogP contribution in [-0.4, -0.2) is 28.8 Å². The van der Waals surface area contributed by atoms with E-state index in [0.29, 0.717) is 11.6 Å². The minimum atomic E-state index is -0.541. The van der Waals surface area contributed by atoms with Crippen molar-refractivity contribution >= 4 is 40.5 Å². The van der Waals surface area contributed by atoms with Crippen LogP contribution in [0.15, 0.2) is 42.5 Å². The van der Waals surface area contributed by atoms with Crippen molar-refractivity contribution in [2.45, 2.75) is 19.5 Å². The van der Waals surface area contributed by atoms with Crippen LogP contribution in [0.2, 0.25) is 10.0 Å². The lowest BCUT2D eigenvalue weighted by Crippen LogP contribution is -2.39. The summed E-state index contributed by atoms with van der Waals surface area (Å²) in [4.78, 5) is 24.6. The summed E-state index contributed by atoms with van der Waals surface area (Å²) in [6.45, 7) is 2.27. The minimum Gasteiger partial charge on any atom is -0.323 e. The number of hydrogen-bond donors (Lipinski definition) is 1. The van der Waals surface area contributed by atoms with Crippen LogP contribution in [0, 0.1) is 10.1 Å². The molecule has 0 fully saturated rings. The highest BCUT2D eigenvalue weighted by atomic mass is 35.5. The van der Waals surface area contributed by atoms with Gasteiger partial charge in [0, 0.05) is 23.7 Å². The van der Waals surface area contributed by atoms with Crippen molar-refractivity contribution in [3.05, 3.63) is 68.2 Å². The molecule has 0 saturated carbocycles. The normalized spacial score (nSPS) is 12.0. The number of non-ortho nitro benzene ring substituents is 1. The van der Waals surface area contributed by atoms with Crippen molar-refractivity contribution < 1.29 is 9.72 Å². The highest BCUT2D eigenvalue weighted by Gasteiger charge is 2.20. The van der Waals surface area contributed by atoms with E-state index in [1.54, 1.807) is 20.0 Å². The predicted octanol–water partition coefficient (Wildman–Crippen LogP) is 4.36. The number of carbonyl (C=O) groups is 1. The van der Waals surface area contributed by atoms with Gasteiger partial charge in [-0.05, 0) is 37.7 Å². The number of benzene rings is 2. The zero-order valence-corrected chi connectivity index (χ0v) is 15.2. The number of hydrogen-bond acceptors (Lipinski definition) is 4. The summed E-state index contributed by atoms with van der Waals surface area (Å²) < 4.78 is 0. The first-order chi connectivity index (χ1) is 11.8. The summed E-state index contributed by atoms with van der Waals surface area (Å²) in [6.07, 6.45) is 0. The summed E-state index contributed by atoms with van der Waals surface area (Å²) in [5.41, 5.74) is 1.05. The van der Waals surface area contributed by atoms with E-state index in [1.165, 1.54) is 18.2 Å². The summed E-state index contributed by atoms with van der Waals surface area (Å²) in [5, 5.41) is 14.4. The quantitative estimate of drug-likeness (QED) is 0.595. The molecule has 1 amide bonds. The van der Waals surface area contributed by atoms with Gasteiger partial charge in [-0.1, -0.05) is 35.3 Å². The number of halogens is 2. The fourth-order valence-corrected chi connectivity index (χ4v) is 2.60. The van der Waals surface area contributed by atoms with Crippen molar-refractivity contribution in [1.29, 1.82) is 0 Å². The molecule has 0 bridgehead atoms. The Morgan fingerprint density at radius 1 is 1.28 bits per heavy atom. The molecule has 2 aromatic carbocycles. The lowest BCUT2D eigenvalue weighted by atomic mass is 10.2. The van der Waals surface area contributed by atoms with Gasteiger partial charge in [0.2, 0.25) is 5.91 Å². The van der Waals surface area contributed by atoms with E-state index in [1.807, 2.05) is 23.1 Å². The number of nitrogens with zero attached hydrogens (tertiary/aromatic N) is 2. The zero-order valence-electron chi connectivity index (χ0n) is 13.7. The lowest BCUT2D eigenvalue weighted by Gasteiger charge is -2.24. The molecular formula is C17H17Cl2N3O3. The van der Waals surface area contributed by atoms with Crippen LogP contribution in [0.3, 0.4) is 0 Å². The molecule has 0 saturated heterocycles. The Bertz CT molecular complexity index is 798. The maximum Gasteiger partial charge on any atom is 0.271 e. The number of likely N-dealkylation sites (N-methyl/N-ethyl adjacent to an activating group) is 1. The molecule has 132 valence electrons. The Balaban J connectivity index is 2.07. The molecule has 0 heterocycles. The smallest absolute Gasteiger partial charge is 0.271 e. The van der Waals surface area contributed by atoms with Gasteiger partial charge in [0.05, 0.1) is 21.7 Å². The topological polar surface area (TPSA) is 75.5 Å². The Kier molecular flexibility index (Phi) is 6.36. The van der Waals surface area contributed by atoms with E-state index >= 15 is 0 Å². The maximum absolute atomic E-state index is 12.4. The van der Waals surface area contributed by atoms with Crippen molar-refractivity contribution in [2.24, 2.45) is 0 Å². The third-order valence-corrected chi connectivity index (χ3v) is 4.34. The fourth-order valence-electron chi connectivity index (χ4n) is 2.22.